The lowest BCUT2D eigenvalue weighted by Gasteiger charge is -2.06. The topological polar surface area (TPSA) is 43.1 Å². The number of aryl methyl sites for hydroxylation is 1. The van der Waals surface area contributed by atoms with Crippen molar-refractivity contribution in [1.29, 1.82) is 0 Å². The quantitative estimate of drug-likeness (QED) is 0.637. The second-order valence-corrected chi connectivity index (χ2v) is 4.70. The average Bonchev–Trinajstić information content (AvgIpc) is 2.68. The highest BCUT2D eigenvalue weighted by Gasteiger charge is 2.15. The SMILES string of the molecule is Cc1ccsc1C(=O)c1cccc(N)c1C. The van der Waals surface area contributed by atoms with Gasteiger partial charge in [0.25, 0.3) is 0 Å². The van der Waals surface area contributed by atoms with E-state index in [2.05, 4.69) is 0 Å². The Morgan fingerprint density at radius 3 is 2.62 bits per heavy atom. The average molecular weight is 231 g/mol. The molecule has 0 atom stereocenters. The summed E-state index contributed by atoms with van der Waals surface area (Å²) in [6.45, 7) is 3.83. The number of benzene rings is 1. The Hall–Kier alpha value is -1.61. The first kappa shape index (κ1) is 10.9. The Morgan fingerprint density at radius 1 is 1.25 bits per heavy atom. The molecule has 0 unspecified atom stereocenters. The minimum Gasteiger partial charge on any atom is -0.398 e. The summed E-state index contributed by atoms with van der Waals surface area (Å²) in [6.07, 6.45) is 0. The largest absolute Gasteiger partial charge is 0.398 e. The molecule has 0 saturated carbocycles. The molecule has 2 N–H and O–H groups in total. The highest BCUT2D eigenvalue weighted by Crippen LogP contribution is 2.23. The summed E-state index contributed by atoms with van der Waals surface area (Å²) in [7, 11) is 0. The summed E-state index contributed by atoms with van der Waals surface area (Å²) in [6, 6.07) is 7.42. The molecule has 0 fully saturated rings. The summed E-state index contributed by atoms with van der Waals surface area (Å²) >= 11 is 1.48. The number of carbonyl (C=O) groups is 1. The highest BCUT2D eigenvalue weighted by molar-refractivity contribution is 7.12. The first-order valence-electron chi connectivity index (χ1n) is 5.05. The zero-order valence-corrected chi connectivity index (χ0v) is 10.1. The minimum atomic E-state index is 0.0669. The molecule has 0 spiro atoms. The minimum absolute atomic E-state index is 0.0669. The van der Waals surface area contributed by atoms with Gasteiger partial charge in [-0.05, 0) is 42.5 Å². The normalized spacial score (nSPS) is 10.4. The van der Waals surface area contributed by atoms with Crippen LogP contribution in [0.15, 0.2) is 29.6 Å². The third-order valence-corrected chi connectivity index (χ3v) is 3.70. The van der Waals surface area contributed by atoms with Crippen molar-refractivity contribution >= 4 is 22.8 Å². The maximum atomic E-state index is 12.3. The molecule has 1 heterocycles. The molecule has 2 rings (SSSR count). The molecule has 1 aromatic heterocycles. The maximum Gasteiger partial charge on any atom is 0.203 e. The van der Waals surface area contributed by atoms with Gasteiger partial charge in [-0.3, -0.25) is 4.79 Å². The van der Waals surface area contributed by atoms with E-state index in [1.54, 1.807) is 0 Å². The number of carbonyl (C=O) groups excluding carboxylic acids is 1. The molecule has 0 bridgehead atoms. The van der Waals surface area contributed by atoms with Crippen LogP contribution in [-0.2, 0) is 0 Å². The maximum absolute atomic E-state index is 12.3. The monoisotopic (exact) mass is 231 g/mol. The molecule has 2 aromatic rings. The standard InChI is InChI=1S/C13H13NOS/c1-8-6-7-16-13(8)12(15)10-4-3-5-11(14)9(10)2/h3-7H,14H2,1-2H3. The van der Waals surface area contributed by atoms with Gasteiger partial charge in [0.15, 0.2) is 0 Å². The van der Waals surface area contributed by atoms with Crippen LogP contribution in [0.2, 0.25) is 0 Å². The first-order valence-corrected chi connectivity index (χ1v) is 5.93. The highest BCUT2D eigenvalue weighted by atomic mass is 32.1. The molecule has 0 amide bonds. The van der Waals surface area contributed by atoms with E-state index in [0.29, 0.717) is 11.3 Å². The van der Waals surface area contributed by atoms with Crippen LogP contribution < -0.4 is 5.73 Å². The summed E-state index contributed by atoms with van der Waals surface area (Å²) in [5, 5.41) is 1.93. The van der Waals surface area contributed by atoms with E-state index in [-0.39, 0.29) is 5.78 Å². The van der Waals surface area contributed by atoms with Crippen molar-refractivity contribution in [2.24, 2.45) is 0 Å². The van der Waals surface area contributed by atoms with Gasteiger partial charge in [0.1, 0.15) is 0 Å². The fraction of sp³-hybridized carbons (Fsp3) is 0.154. The van der Waals surface area contributed by atoms with E-state index >= 15 is 0 Å². The predicted molar refractivity (Wildman–Crippen MR) is 68.1 cm³/mol. The molecule has 1 aromatic carbocycles. The summed E-state index contributed by atoms with van der Waals surface area (Å²) in [5.74, 6) is 0.0669. The van der Waals surface area contributed by atoms with Crippen molar-refractivity contribution < 1.29 is 4.79 Å². The Labute approximate surface area is 98.7 Å². The van der Waals surface area contributed by atoms with Crippen molar-refractivity contribution in [2.45, 2.75) is 13.8 Å². The zero-order valence-electron chi connectivity index (χ0n) is 9.28. The van der Waals surface area contributed by atoms with Gasteiger partial charge < -0.3 is 5.73 Å². The van der Waals surface area contributed by atoms with Gasteiger partial charge in [-0.15, -0.1) is 11.3 Å². The molecule has 0 aliphatic heterocycles. The van der Waals surface area contributed by atoms with Gasteiger partial charge in [0.2, 0.25) is 5.78 Å². The van der Waals surface area contributed by atoms with Gasteiger partial charge in [-0.25, -0.2) is 0 Å². The number of nitrogen functional groups attached to an aromatic ring is 1. The van der Waals surface area contributed by atoms with Gasteiger partial charge in [-0.1, -0.05) is 12.1 Å². The Morgan fingerprint density at radius 2 is 2.00 bits per heavy atom. The molecular formula is C13H13NOS. The number of nitrogens with two attached hydrogens (primary N) is 1. The van der Waals surface area contributed by atoms with Crippen LogP contribution in [0, 0.1) is 13.8 Å². The number of hydrogen-bond donors (Lipinski definition) is 1. The summed E-state index contributed by atoms with van der Waals surface area (Å²) < 4.78 is 0. The molecule has 0 aliphatic rings. The molecule has 2 nitrogen and oxygen atoms in total. The molecule has 3 heteroatoms. The van der Waals surface area contributed by atoms with E-state index in [4.69, 9.17) is 5.73 Å². The fourth-order valence-corrected chi connectivity index (χ4v) is 2.51. The van der Waals surface area contributed by atoms with Crippen molar-refractivity contribution in [3.63, 3.8) is 0 Å². The molecule has 82 valence electrons. The summed E-state index contributed by atoms with van der Waals surface area (Å²) in [4.78, 5) is 13.1. The second kappa shape index (κ2) is 4.10. The molecule has 0 radical (unpaired) electrons. The number of ketones is 1. The van der Waals surface area contributed by atoms with Gasteiger partial charge >= 0.3 is 0 Å². The van der Waals surface area contributed by atoms with Crippen LogP contribution in [0.1, 0.15) is 26.4 Å². The van der Waals surface area contributed by atoms with Gasteiger partial charge in [0.05, 0.1) is 4.88 Å². The van der Waals surface area contributed by atoms with Gasteiger partial charge in [0, 0.05) is 11.3 Å². The van der Waals surface area contributed by atoms with E-state index in [1.807, 2.05) is 43.5 Å². The zero-order chi connectivity index (χ0) is 11.7. The van der Waals surface area contributed by atoms with Crippen LogP contribution in [0.5, 0.6) is 0 Å². The number of rotatable bonds is 2. The van der Waals surface area contributed by atoms with Crippen LogP contribution in [0.25, 0.3) is 0 Å². The lowest BCUT2D eigenvalue weighted by molar-refractivity contribution is 0.104. The van der Waals surface area contributed by atoms with Crippen LogP contribution in [0.3, 0.4) is 0 Å². The Balaban J connectivity index is 2.50. The van der Waals surface area contributed by atoms with Crippen LogP contribution in [-0.4, -0.2) is 5.78 Å². The molecule has 16 heavy (non-hydrogen) atoms. The van der Waals surface area contributed by atoms with E-state index in [9.17, 15) is 4.79 Å². The van der Waals surface area contributed by atoms with Crippen LogP contribution >= 0.6 is 11.3 Å². The number of anilines is 1. The predicted octanol–water partition coefficient (Wildman–Crippen LogP) is 3.18. The number of hydrogen-bond acceptors (Lipinski definition) is 3. The number of thiophene rings is 1. The lowest BCUT2D eigenvalue weighted by Crippen LogP contribution is -2.04. The van der Waals surface area contributed by atoms with E-state index in [0.717, 1.165) is 16.0 Å². The molecule has 0 aliphatic carbocycles. The lowest BCUT2D eigenvalue weighted by atomic mass is 10.0. The van der Waals surface area contributed by atoms with Crippen molar-refractivity contribution in [3.05, 3.63) is 51.2 Å². The second-order valence-electron chi connectivity index (χ2n) is 3.78. The fourth-order valence-electron chi connectivity index (χ4n) is 1.63. The molecular weight excluding hydrogens is 218 g/mol. The Kier molecular flexibility index (Phi) is 2.79. The van der Waals surface area contributed by atoms with Gasteiger partial charge in [-0.2, -0.15) is 0 Å². The van der Waals surface area contributed by atoms with E-state index in [1.165, 1.54) is 11.3 Å². The first-order chi connectivity index (χ1) is 7.61. The van der Waals surface area contributed by atoms with Crippen LogP contribution in [0.4, 0.5) is 5.69 Å². The van der Waals surface area contributed by atoms with E-state index < -0.39 is 0 Å². The van der Waals surface area contributed by atoms with Crippen molar-refractivity contribution in [1.82, 2.24) is 0 Å². The van der Waals surface area contributed by atoms with Crippen molar-refractivity contribution in [2.75, 3.05) is 5.73 Å². The third-order valence-electron chi connectivity index (χ3n) is 2.69. The summed E-state index contributed by atoms with van der Waals surface area (Å²) in [5.41, 5.74) is 9.05. The van der Waals surface area contributed by atoms with Crippen molar-refractivity contribution in [3.8, 4) is 0 Å². The third kappa shape index (κ3) is 1.74. The molecule has 0 saturated heterocycles. The smallest absolute Gasteiger partial charge is 0.203 e. The Bertz CT molecular complexity index is 543.